The van der Waals surface area contributed by atoms with E-state index in [9.17, 15) is 4.79 Å². The van der Waals surface area contributed by atoms with Gasteiger partial charge in [0.1, 0.15) is 0 Å². The van der Waals surface area contributed by atoms with Crippen LogP contribution in [-0.4, -0.2) is 23.2 Å². The van der Waals surface area contributed by atoms with Gasteiger partial charge in [-0.2, -0.15) is 5.10 Å². The lowest BCUT2D eigenvalue weighted by Gasteiger charge is -1.97. The number of rotatable bonds is 3. The molecule has 2 N–H and O–H groups in total. The zero-order valence-corrected chi connectivity index (χ0v) is 8.93. The van der Waals surface area contributed by atoms with Crippen molar-refractivity contribution in [1.29, 1.82) is 0 Å². The molecule has 0 aromatic carbocycles. The smallest absolute Gasteiger partial charge is 0.281 e. The molecule has 0 spiro atoms. The molecule has 1 rings (SSSR count). The van der Waals surface area contributed by atoms with E-state index in [0.29, 0.717) is 10.2 Å². The van der Waals surface area contributed by atoms with E-state index in [-0.39, 0.29) is 5.91 Å². The summed E-state index contributed by atoms with van der Waals surface area (Å²) in [5.74, 6) is -0.370. The van der Waals surface area contributed by atoms with Crippen molar-refractivity contribution < 1.29 is 9.63 Å². The molecule has 0 aliphatic heterocycles. The Labute approximate surface area is 83.9 Å². The van der Waals surface area contributed by atoms with Gasteiger partial charge in [-0.1, -0.05) is 6.92 Å². The van der Waals surface area contributed by atoms with E-state index >= 15 is 0 Å². The van der Waals surface area contributed by atoms with Gasteiger partial charge in [-0.05, 0) is 22.4 Å². The first-order chi connectivity index (χ1) is 6.20. The Balaban J connectivity index is 2.89. The minimum atomic E-state index is -0.370. The summed E-state index contributed by atoms with van der Waals surface area (Å²) in [6, 6.07) is 0. The Morgan fingerprint density at radius 3 is 2.92 bits per heavy atom. The highest BCUT2D eigenvalue weighted by molar-refractivity contribution is 9.10. The van der Waals surface area contributed by atoms with Gasteiger partial charge in [0.05, 0.1) is 11.6 Å². The Kier molecular flexibility index (Phi) is 3.44. The molecule has 1 amide bonds. The third kappa shape index (κ3) is 2.07. The maximum absolute atomic E-state index is 11.2. The number of amides is 1. The number of H-pyrrole nitrogens is 1. The molecule has 0 atom stereocenters. The van der Waals surface area contributed by atoms with E-state index < -0.39 is 0 Å². The lowest BCUT2D eigenvalue weighted by atomic mass is 10.3. The predicted octanol–water partition coefficient (Wildman–Crippen LogP) is 1.03. The number of aromatic nitrogens is 2. The molecule has 0 aliphatic carbocycles. The van der Waals surface area contributed by atoms with Crippen LogP contribution in [0.15, 0.2) is 4.47 Å². The fourth-order valence-corrected chi connectivity index (χ4v) is 1.53. The quantitative estimate of drug-likeness (QED) is 0.785. The SMILES string of the molecule is CCc1[nH]nc(C(=O)NOC)c1Br. The summed E-state index contributed by atoms with van der Waals surface area (Å²) >= 11 is 3.27. The molecule has 0 radical (unpaired) electrons. The van der Waals surface area contributed by atoms with E-state index in [1.807, 2.05) is 6.92 Å². The average Bonchev–Trinajstić information content (AvgIpc) is 2.47. The van der Waals surface area contributed by atoms with Gasteiger partial charge in [-0.15, -0.1) is 0 Å². The Morgan fingerprint density at radius 2 is 2.46 bits per heavy atom. The first kappa shape index (κ1) is 10.2. The van der Waals surface area contributed by atoms with Gasteiger partial charge in [0, 0.05) is 5.69 Å². The second kappa shape index (κ2) is 4.38. The molecule has 1 aromatic rings. The molecule has 5 nitrogen and oxygen atoms in total. The number of aromatic amines is 1. The van der Waals surface area contributed by atoms with Gasteiger partial charge < -0.3 is 0 Å². The molecule has 0 aliphatic rings. The van der Waals surface area contributed by atoms with Crippen LogP contribution < -0.4 is 5.48 Å². The third-order valence-electron chi connectivity index (χ3n) is 1.54. The first-order valence-corrected chi connectivity index (χ1v) is 4.56. The lowest BCUT2D eigenvalue weighted by Crippen LogP contribution is -2.22. The van der Waals surface area contributed by atoms with Crippen LogP contribution in [0.1, 0.15) is 23.1 Å². The minimum absolute atomic E-state index is 0.304. The van der Waals surface area contributed by atoms with Crippen molar-refractivity contribution in [2.45, 2.75) is 13.3 Å². The molecule has 13 heavy (non-hydrogen) atoms. The van der Waals surface area contributed by atoms with Crippen molar-refractivity contribution in [3.05, 3.63) is 15.9 Å². The average molecular weight is 248 g/mol. The molecule has 0 saturated carbocycles. The van der Waals surface area contributed by atoms with E-state index in [1.54, 1.807) is 0 Å². The van der Waals surface area contributed by atoms with E-state index in [2.05, 4.69) is 36.4 Å². The number of carbonyl (C=O) groups excluding carboxylic acids is 1. The summed E-state index contributed by atoms with van der Waals surface area (Å²) in [5.41, 5.74) is 3.38. The monoisotopic (exact) mass is 247 g/mol. The van der Waals surface area contributed by atoms with Gasteiger partial charge in [0.15, 0.2) is 5.69 Å². The molecule has 6 heteroatoms. The van der Waals surface area contributed by atoms with Crippen LogP contribution in [0.3, 0.4) is 0 Å². The first-order valence-electron chi connectivity index (χ1n) is 3.76. The molecular formula is C7H10BrN3O2. The number of halogens is 1. The van der Waals surface area contributed by atoms with Crippen LogP contribution in [-0.2, 0) is 11.3 Å². The van der Waals surface area contributed by atoms with E-state index in [0.717, 1.165) is 12.1 Å². The van der Waals surface area contributed by atoms with Crippen LogP contribution in [0.25, 0.3) is 0 Å². The Hall–Kier alpha value is -0.880. The van der Waals surface area contributed by atoms with Crippen molar-refractivity contribution in [3.63, 3.8) is 0 Å². The lowest BCUT2D eigenvalue weighted by molar-refractivity contribution is 0.0531. The number of hydrogen-bond acceptors (Lipinski definition) is 3. The molecule has 0 bridgehead atoms. The highest BCUT2D eigenvalue weighted by atomic mass is 79.9. The Morgan fingerprint density at radius 1 is 1.77 bits per heavy atom. The van der Waals surface area contributed by atoms with Crippen LogP contribution in [0.5, 0.6) is 0 Å². The summed E-state index contributed by atoms with van der Waals surface area (Å²) in [6.07, 6.45) is 0.786. The fraction of sp³-hybridized carbons (Fsp3) is 0.429. The summed E-state index contributed by atoms with van der Waals surface area (Å²) in [5, 5.41) is 6.59. The van der Waals surface area contributed by atoms with Crippen LogP contribution in [0.4, 0.5) is 0 Å². The van der Waals surface area contributed by atoms with Crippen molar-refractivity contribution >= 4 is 21.8 Å². The van der Waals surface area contributed by atoms with Crippen molar-refractivity contribution in [2.75, 3.05) is 7.11 Å². The maximum atomic E-state index is 11.2. The number of hydrogen-bond donors (Lipinski definition) is 2. The van der Waals surface area contributed by atoms with E-state index in [1.165, 1.54) is 7.11 Å². The zero-order valence-electron chi connectivity index (χ0n) is 7.35. The van der Waals surface area contributed by atoms with Gasteiger partial charge in [0.2, 0.25) is 0 Å². The molecule has 0 saturated heterocycles. The van der Waals surface area contributed by atoms with Gasteiger partial charge >= 0.3 is 0 Å². The highest BCUT2D eigenvalue weighted by Crippen LogP contribution is 2.19. The molecule has 1 heterocycles. The standard InChI is InChI=1S/C7H10BrN3O2/c1-3-4-5(8)6(10-9-4)7(12)11-13-2/h3H2,1-2H3,(H,9,10)(H,11,12). The summed E-state index contributed by atoms with van der Waals surface area (Å²) in [6.45, 7) is 1.97. The summed E-state index contributed by atoms with van der Waals surface area (Å²) in [4.78, 5) is 15.7. The van der Waals surface area contributed by atoms with Gasteiger partial charge in [0.25, 0.3) is 5.91 Å². The second-order valence-corrected chi connectivity index (χ2v) is 3.15. The number of hydroxylamine groups is 1. The highest BCUT2D eigenvalue weighted by Gasteiger charge is 2.16. The van der Waals surface area contributed by atoms with Crippen LogP contribution in [0.2, 0.25) is 0 Å². The summed E-state index contributed by atoms with van der Waals surface area (Å²) < 4.78 is 0.685. The Bertz CT molecular complexity index is 311. The van der Waals surface area contributed by atoms with Crippen LogP contribution in [0, 0.1) is 0 Å². The molecule has 0 fully saturated rings. The molecular weight excluding hydrogens is 238 g/mol. The van der Waals surface area contributed by atoms with Crippen molar-refractivity contribution in [1.82, 2.24) is 15.7 Å². The molecule has 0 unspecified atom stereocenters. The maximum Gasteiger partial charge on any atom is 0.296 e. The zero-order chi connectivity index (χ0) is 9.84. The number of aryl methyl sites for hydroxylation is 1. The number of nitrogens with zero attached hydrogens (tertiary/aromatic N) is 1. The topological polar surface area (TPSA) is 67.0 Å². The summed E-state index contributed by atoms with van der Waals surface area (Å²) in [7, 11) is 1.37. The van der Waals surface area contributed by atoms with Crippen molar-refractivity contribution in [3.8, 4) is 0 Å². The molecule has 72 valence electrons. The minimum Gasteiger partial charge on any atom is -0.281 e. The third-order valence-corrected chi connectivity index (χ3v) is 2.39. The number of nitrogens with one attached hydrogen (secondary N) is 2. The second-order valence-electron chi connectivity index (χ2n) is 2.35. The van der Waals surface area contributed by atoms with Gasteiger partial charge in [-0.3, -0.25) is 14.7 Å². The van der Waals surface area contributed by atoms with Gasteiger partial charge in [-0.25, -0.2) is 5.48 Å². The molecule has 1 aromatic heterocycles. The van der Waals surface area contributed by atoms with E-state index in [4.69, 9.17) is 0 Å². The van der Waals surface area contributed by atoms with Crippen molar-refractivity contribution in [2.24, 2.45) is 0 Å². The fourth-order valence-electron chi connectivity index (χ4n) is 0.890. The normalized spacial score (nSPS) is 10.1. The largest absolute Gasteiger partial charge is 0.296 e. The number of carbonyl (C=O) groups is 1. The predicted molar refractivity (Wildman–Crippen MR) is 50.1 cm³/mol. The van der Waals surface area contributed by atoms with Crippen LogP contribution >= 0.6 is 15.9 Å².